The standard InChI is InChI=1S/C9H16N2O/c1-7-5-10-6-8(7)11-4-2-3-9(11)12/h7-8,10H,2-6H2,1H3. The summed E-state index contributed by atoms with van der Waals surface area (Å²) in [6.45, 7) is 5.26. The van der Waals surface area contributed by atoms with Crippen LogP contribution in [-0.4, -0.2) is 36.5 Å². The van der Waals surface area contributed by atoms with Crippen LogP contribution >= 0.6 is 0 Å². The van der Waals surface area contributed by atoms with Crippen molar-refractivity contribution < 1.29 is 4.79 Å². The monoisotopic (exact) mass is 168 g/mol. The van der Waals surface area contributed by atoms with Gasteiger partial charge < -0.3 is 10.2 Å². The van der Waals surface area contributed by atoms with E-state index in [2.05, 4.69) is 17.1 Å². The van der Waals surface area contributed by atoms with Crippen molar-refractivity contribution in [3.63, 3.8) is 0 Å². The molecule has 2 fully saturated rings. The average Bonchev–Trinajstić information content (AvgIpc) is 2.59. The smallest absolute Gasteiger partial charge is 0.222 e. The van der Waals surface area contributed by atoms with Gasteiger partial charge in [-0.25, -0.2) is 0 Å². The van der Waals surface area contributed by atoms with Crippen LogP contribution < -0.4 is 5.32 Å². The van der Waals surface area contributed by atoms with Crippen molar-refractivity contribution in [2.45, 2.75) is 25.8 Å². The molecule has 1 N–H and O–H groups in total. The molecule has 2 rings (SSSR count). The molecular formula is C9H16N2O. The van der Waals surface area contributed by atoms with Crippen LogP contribution in [0.25, 0.3) is 0 Å². The molecule has 2 heterocycles. The normalized spacial score (nSPS) is 36.4. The minimum atomic E-state index is 0.357. The maximum atomic E-state index is 11.4. The topological polar surface area (TPSA) is 32.3 Å². The summed E-state index contributed by atoms with van der Waals surface area (Å²) in [5.74, 6) is 0.989. The van der Waals surface area contributed by atoms with Crippen LogP contribution in [0.3, 0.4) is 0 Å². The Hall–Kier alpha value is -0.570. The second kappa shape index (κ2) is 3.05. The fourth-order valence-corrected chi connectivity index (χ4v) is 2.23. The minimum absolute atomic E-state index is 0.357. The summed E-state index contributed by atoms with van der Waals surface area (Å²) in [7, 11) is 0. The Balaban J connectivity index is 2.03. The summed E-state index contributed by atoms with van der Waals surface area (Å²) in [6, 6.07) is 0.472. The van der Waals surface area contributed by atoms with Gasteiger partial charge in [0.1, 0.15) is 0 Å². The summed E-state index contributed by atoms with van der Waals surface area (Å²) < 4.78 is 0. The lowest BCUT2D eigenvalue weighted by Crippen LogP contribution is -2.40. The Kier molecular flexibility index (Phi) is 2.05. The number of hydrogen-bond donors (Lipinski definition) is 1. The van der Waals surface area contributed by atoms with E-state index in [1.54, 1.807) is 0 Å². The molecule has 68 valence electrons. The quantitative estimate of drug-likeness (QED) is 0.607. The van der Waals surface area contributed by atoms with E-state index in [0.29, 0.717) is 17.9 Å². The third-order valence-electron chi connectivity index (χ3n) is 2.99. The van der Waals surface area contributed by atoms with Crippen LogP contribution in [-0.2, 0) is 4.79 Å². The van der Waals surface area contributed by atoms with Crippen molar-refractivity contribution in [2.24, 2.45) is 5.92 Å². The van der Waals surface area contributed by atoms with Crippen molar-refractivity contribution in [3.8, 4) is 0 Å². The summed E-state index contributed by atoms with van der Waals surface area (Å²) >= 11 is 0. The van der Waals surface area contributed by atoms with Crippen LogP contribution in [0.5, 0.6) is 0 Å². The van der Waals surface area contributed by atoms with Gasteiger partial charge in [-0.05, 0) is 18.9 Å². The first kappa shape index (κ1) is 8.05. The van der Waals surface area contributed by atoms with E-state index in [-0.39, 0.29) is 0 Å². The van der Waals surface area contributed by atoms with Gasteiger partial charge >= 0.3 is 0 Å². The van der Waals surface area contributed by atoms with E-state index in [0.717, 1.165) is 32.5 Å². The van der Waals surface area contributed by atoms with E-state index in [1.165, 1.54) is 0 Å². The van der Waals surface area contributed by atoms with E-state index >= 15 is 0 Å². The molecule has 0 aliphatic carbocycles. The lowest BCUT2D eigenvalue weighted by Gasteiger charge is -2.26. The molecule has 3 nitrogen and oxygen atoms in total. The molecule has 0 saturated carbocycles. The van der Waals surface area contributed by atoms with Gasteiger partial charge in [0.15, 0.2) is 0 Å². The Labute approximate surface area is 73.1 Å². The maximum Gasteiger partial charge on any atom is 0.222 e. The van der Waals surface area contributed by atoms with Crippen molar-refractivity contribution >= 4 is 5.91 Å². The Morgan fingerprint density at radius 2 is 2.33 bits per heavy atom. The lowest BCUT2D eigenvalue weighted by atomic mass is 10.1. The molecule has 0 aromatic carbocycles. The zero-order valence-corrected chi connectivity index (χ0v) is 7.55. The predicted octanol–water partition coefficient (Wildman–Crippen LogP) is 0.217. The van der Waals surface area contributed by atoms with Gasteiger partial charge in [-0.1, -0.05) is 6.92 Å². The van der Waals surface area contributed by atoms with Crippen molar-refractivity contribution in [1.29, 1.82) is 0 Å². The maximum absolute atomic E-state index is 11.4. The highest BCUT2D eigenvalue weighted by Crippen LogP contribution is 2.21. The van der Waals surface area contributed by atoms with Crippen LogP contribution in [0.1, 0.15) is 19.8 Å². The molecule has 2 unspecified atom stereocenters. The van der Waals surface area contributed by atoms with Crippen molar-refractivity contribution in [1.82, 2.24) is 10.2 Å². The number of nitrogens with zero attached hydrogens (tertiary/aromatic N) is 1. The number of nitrogens with one attached hydrogen (secondary N) is 1. The first-order valence-corrected chi connectivity index (χ1v) is 4.79. The summed E-state index contributed by atoms with van der Waals surface area (Å²) in [5, 5.41) is 3.33. The number of amides is 1. The second-order valence-corrected chi connectivity index (χ2v) is 3.89. The summed E-state index contributed by atoms with van der Waals surface area (Å²) in [6.07, 6.45) is 1.82. The van der Waals surface area contributed by atoms with Crippen LogP contribution in [0.2, 0.25) is 0 Å². The third kappa shape index (κ3) is 1.22. The molecule has 2 aliphatic heterocycles. The van der Waals surface area contributed by atoms with Gasteiger partial charge in [-0.15, -0.1) is 0 Å². The molecular weight excluding hydrogens is 152 g/mol. The number of likely N-dealkylation sites (tertiary alicyclic amines) is 1. The minimum Gasteiger partial charge on any atom is -0.338 e. The summed E-state index contributed by atoms with van der Waals surface area (Å²) in [5.41, 5.74) is 0. The largest absolute Gasteiger partial charge is 0.338 e. The third-order valence-corrected chi connectivity index (χ3v) is 2.99. The molecule has 0 spiro atoms. The highest BCUT2D eigenvalue weighted by atomic mass is 16.2. The van der Waals surface area contributed by atoms with Gasteiger partial charge in [0.05, 0.1) is 0 Å². The molecule has 0 bridgehead atoms. The fraction of sp³-hybridized carbons (Fsp3) is 0.889. The zero-order valence-electron chi connectivity index (χ0n) is 7.55. The first-order valence-electron chi connectivity index (χ1n) is 4.79. The molecule has 0 aromatic rings. The Morgan fingerprint density at radius 1 is 1.50 bits per heavy atom. The number of carbonyl (C=O) groups is 1. The molecule has 1 amide bonds. The van der Waals surface area contributed by atoms with Crippen LogP contribution in [0.15, 0.2) is 0 Å². The van der Waals surface area contributed by atoms with Gasteiger partial charge in [0.2, 0.25) is 5.91 Å². The molecule has 2 atom stereocenters. The van der Waals surface area contributed by atoms with Crippen molar-refractivity contribution in [3.05, 3.63) is 0 Å². The number of rotatable bonds is 1. The van der Waals surface area contributed by atoms with E-state index in [9.17, 15) is 4.79 Å². The molecule has 0 radical (unpaired) electrons. The fourth-order valence-electron chi connectivity index (χ4n) is 2.23. The molecule has 0 aromatic heterocycles. The van der Waals surface area contributed by atoms with Crippen molar-refractivity contribution in [2.75, 3.05) is 19.6 Å². The number of carbonyl (C=O) groups excluding carboxylic acids is 1. The van der Waals surface area contributed by atoms with E-state index < -0.39 is 0 Å². The predicted molar refractivity (Wildman–Crippen MR) is 46.8 cm³/mol. The molecule has 2 aliphatic rings. The Bertz CT molecular complexity index is 193. The highest BCUT2D eigenvalue weighted by Gasteiger charge is 2.33. The van der Waals surface area contributed by atoms with Crippen LogP contribution in [0, 0.1) is 5.92 Å². The average molecular weight is 168 g/mol. The SMILES string of the molecule is CC1CNCC1N1CCCC1=O. The Morgan fingerprint density at radius 3 is 2.83 bits per heavy atom. The van der Waals surface area contributed by atoms with E-state index in [4.69, 9.17) is 0 Å². The second-order valence-electron chi connectivity index (χ2n) is 3.89. The van der Waals surface area contributed by atoms with Gasteiger partial charge in [0, 0.05) is 25.6 Å². The van der Waals surface area contributed by atoms with Gasteiger partial charge in [-0.3, -0.25) is 4.79 Å². The highest BCUT2D eigenvalue weighted by molar-refractivity contribution is 5.78. The number of hydrogen-bond acceptors (Lipinski definition) is 2. The molecule has 12 heavy (non-hydrogen) atoms. The van der Waals surface area contributed by atoms with Crippen LogP contribution in [0.4, 0.5) is 0 Å². The lowest BCUT2D eigenvalue weighted by molar-refractivity contribution is -0.129. The van der Waals surface area contributed by atoms with Gasteiger partial charge in [-0.2, -0.15) is 0 Å². The first-order chi connectivity index (χ1) is 5.79. The molecule has 2 saturated heterocycles. The molecule has 3 heteroatoms. The zero-order chi connectivity index (χ0) is 8.55. The van der Waals surface area contributed by atoms with Gasteiger partial charge in [0.25, 0.3) is 0 Å². The summed E-state index contributed by atoms with van der Waals surface area (Å²) in [4.78, 5) is 13.5. The van der Waals surface area contributed by atoms with E-state index in [1.807, 2.05) is 0 Å².